The molecule has 1 aromatic heterocycles. The van der Waals surface area contributed by atoms with E-state index in [-0.39, 0.29) is 19.1 Å². The molecule has 0 aliphatic rings. The molecule has 0 bridgehead atoms. The van der Waals surface area contributed by atoms with Crippen molar-refractivity contribution >= 4 is 34.4 Å². The average molecular weight is 556 g/mol. The number of alkyl carbamates (subject to hydrolysis) is 1. The first-order valence-electron chi connectivity index (χ1n) is 13.2. The fraction of sp³-hybridized carbons (Fsp3) is 0.250. The summed E-state index contributed by atoms with van der Waals surface area (Å²) in [6.45, 7) is 6.87. The topological polar surface area (TPSA) is 116 Å². The summed E-state index contributed by atoms with van der Waals surface area (Å²) in [5, 5.41) is 7.52. The summed E-state index contributed by atoms with van der Waals surface area (Å²) in [4.78, 5) is 42.1. The number of pyridine rings is 1. The van der Waals surface area contributed by atoms with Gasteiger partial charge in [0.1, 0.15) is 17.1 Å². The third kappa shape index (κ3) is 8.53. The van der Waals surface area contributed by atoms with Crippen molar-refractivity contribution in [3.8, 4) is 11.5 Å². The molecule has 1 heterocycles. The molecule has 0 saturated heterocycles. The van der Waals surface area contributed by atoms with Gasteiger partial charge in [-0.05, 0) is 80.6 Å². The predicted molar refractivity (Wildman–Crippen MR) is 156 cm³/mol. The van der Waals surface area contributed by atoms with Crippen LogP contribution in [0, 0.1) is 6.92 Å². The zero-order valence-electron chi connectivity index (χ0n) is 23.5. The fourth-order valence-corrected chi connectivity index (χ4v) is 4.01. The van der Waals surface area contributed by atoms with Gasteiger partial charge in [-0.15, -0.1) is 0 Å². The molecule has 2 amide bonds. The van der Waals surface area contributed by atoms with Crippen molar-refractivity contribution in [1.82, 2.24) is 10.3 Å². The van der Waals surface area contributed by atoms with Crippen LogP contribution in [0.3, 0.4) is 0 Å². The lowest BCUT2D eigenvalue weighted by Crippen LogP contribution is -2.37. The Morgan fingerprint density at radius 1 is 0.927 bits per heavy atom. The number of carbonyl (C=O) groups is 3. The minimum Gasteiger partial charge on any atom is -0.482 e. The minimum absolute atomic E-state index is 0.00119. The quantitative estimate of drug-likeness (QED) is 0.199. The Labute approximate surface area is 238 Å². The number of anilines is 1. The van der Waals surface area contributed by atoms with E-state index in [0.29, 0.717) is 22.7 Å². The first kappa shape index (κ1) is 29.1. The number of esters is 1. The van der Waals surface area contributed by atoms with E-state index >= 15 is 0 Å². The Hall–Kier alpha value is -4.92. The van der Waals surface area contributed by atoms with Crippen molar-refractivity contribution in [3.05, 3.63) is 96.3 Å². The van der Waals surface area contributed by atoms with Gasteiger partial charge in [0.15, 0.2) is 6.61 Å². The van der Waals surface area contributed by atoms with Gasteiger partial charge in [0.05, 0.1) is 5.92 Å². The molecule has 9 nitrogen and oxygen atoms in total. The molecule has 0 fully saturated rings. The third-order valence-electron chi connectivity index (χ3n) is 6.03. The molecule has 3 aromatic carbocycles. The van der Waals surface area contributed by atoms with Gasteiger partial charge < -0.3 is 24.8 Å². The first-order chi connectivity index (χ1) is 19.6. The van der Waals surface area contributed by atoms with Crippen LogP contribution in [0.25, 0.3) is 10.8 Å². The van der Waals surface area contributed by atoms with Crippen molar-refractivity contribution in [2.45, 2.75) is 39.2 Å². The van der Waals surface area contributed by atoms with Crippen LogP contribution in [0.15, 0.2) is 85.2 Å². The van der Waals surface area contributed by atoms with Crippen molar-refractivity contribution in [2.24, 2.45) is 0 Å². The van der Waals surface area contributed by atoms with Gasteiger partial charge in [0.25, 0.3) is 0 Å². The highest BCUT2D eigenvalue weighted by atomic mass is 16.6. The summed E-state index contributed by atoms with van der Waals surface area (Å²) in [6.07, 6.45) is 2.81. The largest absolute Gasteiger partial charge is 0.482 e. The molecule has 0 aliphatic heterocycles. The van der Waals surface area contributed by atoms with E-state index in [4.69, 9.17) is 14.2 Å². The lowest BCUT2D eigenvalue weighted by atomic mass is 9.97. The van der Waals surface area contributed by atoms with Crippen LogP contribution in [-0.2, 0) is 14.3 Å². The lowest BCUT2D eigenvalue weighted by molar-refractivity contribution is -0.136. The second-order valence-corrected chi connectivity index (χ2v) is 10.5. The molecule has 1 atom stereocenters. The van der Waals surface area contributed by atoms with Crippen LogP contribution in [0.2, 0.25) is 0 Å². The summed E-state index contributed by atoms with van der Waals surface area (Å²) in [5.41, 5.74) is 1.41. The Balaban J connectivity index is 1.44. The van der Waals surface area contributed by atoms with E-state index in [9.17, 15) is 14.4 Å². The Morgan fingerprint density at radius 2 is 1.68 bits per heavy atom. The standard InChI is InChI=1S/C32H33N3O6/c1-21-7-5-6-8-28(21)40-29(36)20-39-26-13-10-22(11-14-26)27(19-34-31(38)41-32(2,3)4)30(37)35-25-12-9-24-18-33-16-15-23(24)17-25/h5-18,27H,19-20H2,1-4H3,(H,34,38)(H,35,37). The van der Waals surface area contributed by atoms with Crippen molar-refractivity contribution in [1.29, 1.82) is 0 Å². The zero-order valence-corrected chi connectivity index (χ0v) is 23.5. The lowest BCUT2D eigenvalue weighted by Gasteiger charge is -2.22. The number of fused-ring (bicyclic) bond motifs is 1. The SMILES string of the molecule is Cc1ccccc1OC(=O)COc1ccc(C(CNC(=O)OC(C)(C)C)C(=O)Nc2ccc3cnccc3c2)cc1. The number of aromatic nitrogens is 1. The van der Waals surface area contributed by atoms with Gasteiger partial charge in [-0.3, -0.25) is 9.78 Å². The predicted octanol–water partition coefficient (Wildman–Crippen LogP) is 5.77. The van der Waals surface area contributed by atoms with Crippen molar-refractivity contribution in [3.63, 3.8) is 0 Å². The average Bonchev–Trinajstić information content (AvgIpc) is 2.93. The molecule has 2 N–H and O–H groups in total. The number of hydrogen-bond acceptors (Lipinski definition) is 7. The molecule has 212 valence electrons. The Morgan fingerprint density at radius 3 is 2.41 bits per heavy atom. The molecule has 0 spiro atoms. The van der Waals surface area contributed by atoms with Crippen LogP contribution < -0.4 is 20.1 Å². The summed E-state index contributed by atoms with van der Waals surface area (Å²) >= 11 is 0. The highest BCUT2D eigenvalue weighted by Gasteiger charge is 2.24. The van der Waals surface area contributed by atoms with Crippen LogP contribution in [0.5, 0.6) is 11.5 Å². The Kier molecular flexibility index (Phi) is 9.19. The number of hydrogen-bond donors (Lipinski definition) is 2. The third-order valence-corrected chi connectivity index (χ3v) is 6.03. The van der Waals surface area contributed by atoms with E-state index in [0.717, 1.165) is 16.3 Å². The van der Waals surface area contributed by atoms with Gasteiger partial charge in [0, 0.05) is 30.0 Å². The van der Waals surface area contributed by atoms with Crippen molar-refractivity contribution < 1.29 is 28.6 Å². The maximum atomic E-state index is 13.4. The van der Waals surface area contributed by atoms with Crippen LogP contribution >= 0.6 is 0 Å². The number of benzene rings is 3. The highest BCUT2D eigenvalue weighted by Crippen LogP contribution is 2.24. The number of para-hydroxylation sites is 1. The molecule has 9 heteroatoms. The molecular weight excluding hydrogens is 522 g/mol. The van der Waals surface area contributed by atoms with Gasteiger partial charge in [-0.25, -0.2) is 9.59 Å². The van der Waals surface area contributed by atoms with E-state index < -0.39 is 23.6 Å². The summed E-state index contributed by atoms with van der Waals surface area (Å²) in [7, 11) is 0. The summed E-state index contributed by atoms with van der Waals surface area (Å²) in [6, 6.07) is 21.4. The molecule has 0 aliphatic carbocycles. The monoisotopic (exact) mass is 555 g/mol. The van der Waals surface area contributed by atoms with E-state index in [2.05, 4.69) is 15.6 Å². The number of nitrogens with one attached hydrogen (secondary N) is 2. The van der Waals surface area contributed by atoms with E-state index in [1.165, 1.54) is 0 Å². The Bertz CT molecular complexity index is 1530. The molecular formula is C32H33N3O6. The highest BCUT2D eigenvalue weighted by molar-refractivity contribution is 5.98. The number of ether oxygens (including phenoxy) is 3. The van der Waals surface area contributed by atoms with Gasteiger partial charge in [0.2, 0.25) is 5.91 Å². The smallest absolute Gasteiger partial charge is 0.407 e. The van der Waals surface area contributed by atoms with Crippen molar-refractivity contribution in [2.75, 3.05) is 18.5 Å². The number of nitrogens with zero attached hydrogens (tertiary/aromatic N) is 1. The number of rotatable bonds is 9. The van der Waals surface area contributed by atoms with Crippen LogP contribution in [-0.4, -0.2) is 41.7 Å². The van der Waals surface area contributed by atoms with Crippen LogP contribution in [0.1, 0.15) is 37.8 Å². The molecule has 0 saturated carbocycles. The van der Waals surface area contributed by atoms with E-state index in [1.54, 1.807) is 75.6 Å². The zero-order chi connectivity index (χ0) is 29.4. The van der Waals surface area contributed by atoms with Gasteiger partial charge >= 0.3 is 12.1 Å². The summed E-state index contributed by atoms with van der Waals surface area (Å²) in [5.74, 6) is -0.683. The number of aryl methyl sites for hydroxylation is 1. The maximum Gasteiger partial charge on any atom is 0.407 e. The van der Waals surface area contributed by atoms with E-state index in [1.807, 2.05) is 37.3 Å². The second kappa shape index (κ2) is 13.0. The normalized spacial score (nSPS) is 11.8. The van der Waals surface area contributed by atoms with Gasteiger partial charge in [-0.1, -0.05) is 36.4 Å². The fourth-order valence-electron chi connectivity index (χ4n) is 4.01. The van der Waals surface area contributed by atoms with Gasteiger partial charge in [-0.2, -0.15) is 0 Å². The molecule has 4 aromatic rings. The second-order valence-electron chi connectivity index (χ2n) is 10.5. The maximum absolute atomic E-state index is 13.4. The number of carbonyl (C=O) groups excluding carboxylic acids is 3. The molecule has 1 unspecified atom stereocenters. The molecule has 41 heavy (non-hydrogen) atoms. The molecule has 0 radical (unpaired) electrons. The first-order valence-corrected chi connectivity index (χ1v) is 13.2. The minimum atomic E-state index is -0.740. The number of amides is 2. The summed E-state index contributed by atoms with van der Waals surface area (Å²) < 4.78 is 16.3. The van der Waals surface area contributed by atoms with Crippen LogP contribution in [0.4, 0.5) is 10.5 Å². The molecule has 4 rings (SSSR count).